The van der Waals surface area contributed by atoms with Gasteiger partial charge in [-0.05, 0) is 37.7 Å². The summed E-state index contributed by atoms with van der Waals surface area (Å²) in [5.41, 5.74) is 0.999. The molecule has 2 heterocycles. The predicted molar refractivity (Wildman–Crippen MR) is 82.7 cm³/mol. The lowest BCUT2D eigenvalue weighted by atomic mass is 10.1. The number of hydrogen-bond acceptors (Lipinski definition) is 3. The number of alkyl halides is 1. The number of fused-ring (bicyclic) bond motifs is 1. The minimum Gasteiger partial charge on any atom is -0.488 e. The van der Waals surface area contributed by atoms with Crippen LogP contribution in [0.3, 0.4) is 0 Å². The first kappa shape index (κ1) is 15.1. The summed E-state index contributed by atoms with van der Waals surface area (Å²) in [6, 6.07) is 4.81. The smallest absolute Gasteiger partial charge is 0.123 e. The standard InChI is InChI=1S/C16H22ClFN2O/c17-4-7-19-5-1-6-20(9-8-19)12-15-11-13-10-14(18)2-3-16(13)21-15/h2-3,10,15H,1,4-9,11-12H2. The van der Waals surface area contributed by atoms with Crippen LogP contribution in [0.5, 0.6) is 5.75 Å². The molecule has 1 fully saturated rings. The molecule has 3 rings (SSSR count). The Morgan fingerprint density at radius 3 is 2.86 bits per heavy atom. The molecule has 1 unspecified atom stereocenters. The van der Waals surface area contributed by atoms with Gasteiger partial charge in [-0.1, -0.05) is 0 Å². The summed E-state index contributed by atoms with van der Waals surface area (Å²) >= 11 is 5.82. The lowest BCUT2D eigenvalue weighted by Crippen LogP contribution is -2.37. The van der Waals surface area contributed by atoms with E-state index < -0.39 is 0 Å². The van der Waals surface area contributed by atoms with Crippen LogP contribution in [0, 0.1) is 5.82 Å². The topological polar surface area (TPSA) is 15.7 Å². The normalized spacial score (nSPS) is 23.6. The summed E-state index contributed by atoms with van der Waals surface area (Å²) in [6.45, 7) is 6.25. The van der Waals surface area contributed by atoms with Crippen molar-refractivity contribution in [3.05, 3.63) is 29.6 Å². The minimum atomic E-state index is -0.176. The first-order chi connectivity index (χ1) is 10.2. The van der Waals surface area contributed by atoms with Crippen molar-refractivity contribution in [1.29, 1.82) is 0 Å². The molecule has 1 aromatic rings. The van der Waals surface area contributed by atoms with Crippen molar-refractivity contribution in [2.24, 2.45) is 0 Å². The minimum absolute atomic E-state index is 0.154. The van der Waals surface area contributed by atoms with Crippen molar-refractivity contribution in [2.45, 2.75) is 18.9 Å². The highest BCUT2D eigenvalue weighted by molar-refractivity contribution is 6.18. The van der Waals surface area contributed by atoms with E-state index >= 15 is 0 Å². The van der Waals surface area contributed by atoms with E-state index in [-0.39, 0.29) is 11.9 Å². The van der Waals surface area contributed by atoms with Crippen LogP contribution in [0.1, 0.15) is 12.0 Å². The summed E-state index contributed by atoms with van der Waals surface area (Å²) in [5, 5.41) is 0. The lowest BCUT2D eigenvalue weighted by molar-refractivity contribution is 0.152. The fourth-order valence-electron chi connectivity index (χ4n) is 3.23. The second kappa shape index (κ2) is 6.95. The lowest BCUT2D eigenvalue weighted by Gasteiger charge is -2.24. The van der Waals surface area contributed by atoms with Crippen LogP contribution in [-0.2, 0) is 6.42 Å². The SMILES string of the molecule is Fc1ccc2c(c1)CC(CN1CCCN(CCCl)CC1)O2. The summed E-state index contributed by atoms with van der Waals surface area (Å²) in [7, 11) is 0. The van der Waals surface area contributed by atoms with Gasteiger partial charge in [0, 0.05) is 44.0 Å². The van der Waals surface area contributed by atoms with Gasteiger partial charge in [-0.15, -0.1) is 11.6 Å². The highest BCUT2D eigenvalue weighted by Crippen LogP contribution is 2.29. The molecule has 2 aliphatic heterocycles. The zero-order valence-corrected chi connectivity index (χ0v) is 13.0. The maximum atomic E-state index is 13.2. The first-order valence-corrected chi connectivity index (χ1v) is 8.24. The van der Waals surface area contributed by atoms with Gasteiger partial charge in [-0.3, -0.25) is 4.90 Å². The van der Waals surface area contributed by atoms with Crippen molar-refractivity contribution >= 4 is 11.6 Å². The van der Waals surface area contributed by atoms with Gasteiger partial charge in [0.25, 0.3) is 0 Å². The molecular weight excluding hydrogens is 291 g/mol. The fraction of sp³-hybridized carbons (Fsp3) is 0.625. The Bertz CT molecular complexity index is 485. The van der Waals surface area contributed by atoms with E-state index in [0.29, 0.717) is 5.88 Å². The van der Waals surface area contributed by atoms with E-state index in [1.165, 1.54) is 12.5 Å². The van der Waals surface area contributed by atoms with Crippen LogP contribution >= 0.6 is 11.6 Å². The summed E-state index contributed by atoms with van der Waals surface area (Å²) in [4.78, 5) is 4.88. The molecule has 0 bridgehead atoms. The highest BCUT2D eigenvalue weighted by Gasteiger charge is 2.26. The Kier molecular flexibility index (Phi) is 4.99. The number of nitrogens with zero attached hydrogens (tertiary/aromatic N) is 2. The molecule has 0 saturated carbocycles. The van der Waals surface area contributed by atoms with Crippen molar-refractivity contribution < 1.29 is 9.13 Å². The molecule has 0 radical (unpaired) electrons. The van der Waals surface area contributed by atoms with E-state index in [4.69, 9.17) is 16.3 Å². The van der Waals surface area contributed by atoms with Gasteiger partial charge in [0.1, 0.15) is 17.7 Å². The van der Waals surface area contributed by atoms with Crippen LogP contribution in [0.2, 0.25) is 0 Å². The molecule has 0 N–H and O–H groups in total. The molecule has 1 atom stereocenters. The zero-order valence-electron chi connectivity index (χ0n) is 12.2. The average Bonchev–Trinajstić information content (AvgIpc) is 2.72. The Morgan fingerprint density at radius 1 is 1.19 bits per heavy atom. The van der Waals surface area contributed by atoms with Gasteiger partial charge in [-0.25, -0.2) is 4.39 Å². The fourth-order valence-corrected chi connectivity index (χ4v) is 3.47. The zero-order chi connectivity index (χ0) is 14.7. The van der Waals surface area contributed by atoms with E-state index in [9.17, 15) is 4.39 Å². The Labute approximate surface area is 130 Å². The third-order valence-electron chi connectivity index (χ3n) is 4.31. The average molecular weight is 313 g/mol. The number of benzene rings is 1. The molecule has 0 aliphatic carbocycles. The molecule has 3 nitrogen and oxygen atoms in total. The van der Waals surface area contributed by atoms with Gasteiger partial charge in [-0.2, -0.15) is 0 Å². The second-order valence-corrected chi connectivity index (χ2v) is 6.26. The van der Waals surface area contributed by atoms with Crippen molar-refractivity contribution in [3.63, 3.8) is 0 Å². The van der Waals surface area contributed by atoms with Gasteiger partial charge < -0.3 is 9.64 Å². The van der Waals surface area contributed by atoms with E-state index in [0.717, 1.165) is 57.0 Å². The largest absolute Gasteiger partial charge is 0.488 e. The summed E-state index contributed by atoms with van der Waals surface area (Å²) in [6.07, 6.45) is 2.14. The Hall–Kier alpha value is -0.840. The molecule has 21 heavy (non-hydrogen) atoms. The van der Waals surface area contributed by atoms with Crippen LogP contribution < -0.4 is 4.74 Å². The molecule has 1 saturated heterocycles. The molecule has 0 spiro atoms. The predicted octanol–water partition coefficient (Wildman–Crippen LogP) is 2.38. The molecule has 0 aromatic heterocycles. The third-order valence-corrected chi connectivity index (χ3v) is 4.48. The first-order valence-electron chi connectivity index (χ1n) is 7.70. The number of halogens is 2. The summed E-state index contributed by atoms with van der Waals surface area (Å²) in [5.74, 6) is 1.37. The number of hydrogen-bond donors (Lipinski definition) is 0. The molecule has 2 aliphatic rings. The van der Waals surface area contributed by atoms with Gasteiger partial charge in [0.2, 0.25) is 0 Å². The van der Waals surface area contributed by atoms with Gasteiger partial charge in [0.15, 0.2) is 0 Å². The van der Waals surface area contributed by atoms with Crippen LogP contribution in [0.15, 0.2) is 18.2 Å². The number of ether oxygens (including phenoxy) is 1. The Morgan fingerprint density at radius 2 is 2.00 bits per heavy atom. The molecule has 0 amide bonds. The van der Waals surface area contributed by atoms with Crippen molar-refractivity contribution in [1.82, 2.24) is 9.80 Å². The highest BCUT2D eigenvalue weighted by atomic mass is 35.5. The molecule has 5 heteroatoms. The molecule has 116 valence electrons. The number of rotatable bonds is 4. The van der Waals surface area contributed by atoms with Crippen molar-refractivity contribution in [2.75, 3.05) is 45.1 Å². The third kappa shape index (κ3) is 3.87. The second-order valence-electron chi connectivity index (χ2n) is 5.88. The monoisotopic (exact) mass is 312 g/mol. The Balaban J connectivity index is 1.52. The van der Waals surface area contributed by atoms with E-state index in [1.54, 1.807) is 12.1 Å². The van der Waals surface area contributed by atoms with Crippen LogP contribution in [-0.4, -0.2) is 61.1 Å². The maximum absolute atomic E-state index is 13.2. The summed E-state index contributed by atoms with van der Waals surface area (Å²) < 4.78 is 19.2. The van der Waals surface area contributed by atoms with Crippen molar-refractivity contribution in [3.8, 4) is 5.75 Å². The van der Waals surface area contributed by atoms with Gasteiger partial charge in [0.05, 0.1) is 0 Å². The van der Waals surface area contributed by atoms with E-state index in [1.807, 2.05) is 0 Å². The van der Waals surface area contributed by atoms with Crippen LogP contribution in [0.4, 0.5) is 4.39 Å². The maximum Gasteiger partial charge on any atom is 0.123 e. The van der Waals surface area contributed by atoms with E-state index in [2.05, 4.69) is 9.80 Å². The molecular formula is C16H22ClFN2O. The van der Waals surface area contributed by atoms with Crippen LogP contribution in [0.25, 0.3) is 0 Å². The molecule has 1 aromatic carbocycles. The quantitative estimate of drug-likeness (QED) is 0.794. The van der Waals surface area contributed by atoms with Gasteiger partial charge >= 0.3 is 0 Å².